The molecule has 1 amide bonds. The van der Waals surface area contributed by atoms with E-state index in [0.29, 0.717) is 5.02 Å². The summed E-state index contributed by atoms with van der Waals surface area (Å²) in [6, 6.07) is 7.16. The van der Waals surface area contributed by atoms with Gasteiger partial charge in [0, 0.05) is 55.8 Å². The van der Waals surface area contributed by atoms with Crippen LogP contribution in [-0.4, -0.2) is 72.4 Å². The van der Waals surface area contributed by atoms with E-state index in [9.17, 15) is 9.59 Å². The molecular weight excluding hydrogens is 340 g/mol. The molecule has 7 heteroatoms. The highest BCUT2D eigenvalue weighted by molar-refractivity contribution is 6.30. The molecule has 6 nitrogen and oxygen atoms in total. The van der Waals surface area contributed by atoms with E-state index in [1.54, 1.807) is 12.1 Å². The summed E-state index contributed by atoms with van der Waals surface area (Å²) in [6.07, 6.45) is 1.73. The number of Topliss-reactive ketones (excluding diaryl/α,β-unsaturated/α-hetero) is 1. The summed E-state index contributed by atoms with van der Waals surface area (Å²) in [5.74, 6) is 0.319. The van der Waals surface area contributed by atoms with Crippen LogP contribution in [0.1, 0.15) is 23.2 Å². The SMILES string of the molecule is NCC(=O)N1CCN(N2CCC(C(=O)c3ccc(Cl)cc3)CC2)CC1. The first-order valence-electron chi connectivity index (χ1n) is 8.86. The van der Waals surface area contributed by atoms with Gasteiger partial charge in [0.1, 0.15) is 0 Å². The van der Waals surface area contributed by atoms with E-state index < -0.39 is 0 Å². The van der Waals surface area contributed by atoms with Crippen molar-refractivity contribution in [3.63, 3.8) is 0 Å². The number of piperidine rings is 1. The fraction of sp³-hybridized carbons (Fsp3) is 0.556. The van der Waals surface area contributed by atoms with Crippen molar-refractivity contribution >= 4 is 23.3 Å². The van der Waals surface area contributed by atoms with Gasteiger partial charge >= 0.3 is 0 Å². The van der Waals surface area contributed by atoms with E-state index in [2.05, 4.69) is 10.0 Å². The zero-order valence-electron chi connectivity index (χ0n) is 14.4. The molecular formula is C18H25ClN4O2. The Kier molecular flexibility index (Phi) is 6.06. The number of nitrogens with zero attached hydrogens (tertiary/aromatic N) is 3. The second-order valence-corrected chi connectivity index (χ2v) is 7.07. The lowest BCUT2D eigenvalue weighted by molar-refractivity contribution is -0.136. The summed E-state index contributed by atoms with van der Waals surface area (Å²) >= 11 is 5.89. The molecule has 2 aliphatic heterocycles. The number of benzene rings is 1. The first-order valence-corrected chi connectivity index (χ1v) is 9.23. The van der Waals surface area contributed by atoms with E-state index in [4.69, 9.17) is 17.3 Å². The third kappa shape index (κ3) is 4.39. The maximum Gasteiger partial charge on any atom is 0.236 e. The quantitative estimate of drug-likeness (QED) is 0.814. The van der Waals surface area contributed by atoms with E-state index in [0.717, 1.165) is 57.7 Å². The summed E-state index contributed by atoms with van der Waals surface area (Å²) in [5, 5.41) is 5.29. The molecule has 0 radical (unpaired) electrons. The predicted octanol–water partition coefficient (Wildman–Crippen LogP) is 1.25. The van der Waals surface area contributed by atoms with E-state index in [-0.39, 0.29) is 24.2 Å². The number of amides is 1. The van der Waals surface area contributed by atoms with Gasteiger partial charge in [-0.15, -0.1) is 0 Å². The molecule has 136 valence electrons. The summed E-state index contributed by atoms with van der Waals surface area (Å²) in [5.41, 5.74) is 6.17. The van der Waals surface area contributed by atoms with E-state index in [1.165, 1.54) is 0 Å². The smallest absolute Gasteiger partial charge is 0.236 e. The Bertz CT molecular complexity index is 606. The summed E-state index contributed by atoms with van der Waals surface area (Å²) in [4.78, 5) is 26.1. The maximum atomic E-state index is 12.6. The van der Waals surface area contributed by atoms with Crippen molar-refractivity contribution in [1.82, 2.24) is 14.9 Å². The van der Waals surface area contributed by atoms with Gasteiger partial charge in [-0.2, -0.15) is 0 Å². The minimum absolute atomic E-state index is 0.0203. The molecule has 2 heterocycles. The highest BCUT2D eigenvalue weighted by atomic mass is 35.5. The van der Waals surface area contributed by atoms with Gasteiger partial charge in [0.25, 0.3) is 0 Å². The number of hydrogen-bond acceptors (Lipinski definition) is 5. The summed E-state index contributed by atoms with van der Waals surface area (Å²) < 4.78 is 0. The van der Waals surface area contributed by atoms with Crippen LogP contribution >= 0.6 is 11.6 Å². The third-order valence-corrected chi connectivity index (χ3v) is 5.41. The number of piperazine rings is 1. The monoisotopic (exact) mass is 364 g/mol. The van der Waals surface area contributed by atoms with Crippen LogP contribution in [0.2, 0.25) is 5.02 Å². The average molecular weight is 365 g/mol. The van der Waals surface area contributed by atoms with E-state index in [1.807, 2.05) is 17.0 Å². The molecule has 1 aromatic carbocycles. The Labute approximate surface area is 153 Å². The van der Waals surface area contributed by atoms with Crippen molar-refractivity contribution in [2.75, 3.05) is 45.8 Å². The van der Waals surface area contributed by atoms with Gasteiger partial charge in [-0.05, 0) is 37.1 Å². The molecule has 3 rings (SSSR count). The number of nitrogens with two attached hydrogens (primary N) is 1. The predicted molar refractivity (Wildman–Crippen MR) is 97.3 cm³/mol. The fourth-order valence-corrected chi connectivity index (χ4v) is 3.74. The van der Waals surface area contributed by atoms with Crippen molar-refractivity contribution in [2.24, 2.45) is 11.7 Å². The number of hydrogen-bond donors (Lipinski definition) is 1. The zero-order valence-corrected chi connectivity index (χ0v) is 15.1. The molecule has 0 atom stereocenters. The topological polar surface area (TPSA) is 69.9 Å². The maximum absolute atomic E-state index is 12.6. The van der Waals surface area contributed by atoms with Gasteiger partial charge in [-0.3, -0.25) is 9.59 Å². The molecule has 0 bridgehead atoms. The Morgan fingerprint density at radius 1 is 0.960 bits per heavy atom. The van der Waals surface area contributed by atoms with Crippen LogP contribution in [0.25, 0.3) is 0 Å². The molecule has 0 aromatic heterocycles. The number of halogens is 1. The molecule has 2 saturated heterocycles. The van der Waals surface area contributed by atoms with Crippen molar-refractivity contribution in [3.05, 3.63) is 34.9 Å². The molecule has 0 saturated carbocycles. The standard InChI is InChI=1S/C18H25ClN4O2/c19-16-3-1-14(2-4-16)18(25)15-5-7-22(8-6-15)23-11-9-21(10-12-23)17(24)13-20/h1-4,15H,5-13,20H2. The molecule has 2 fully saturated rings. The molecule has 2 N–H and O–H groups in total. The fourth-order valence-electron chi connectivity index (χ4n) is 3.62. The van der Waals surface area contributed by atoms with Crippen LogP contribution in [0.15, 0.2) is 24.3 Å². The van der Waals surface area contributed by atoms with Gasteiger partial charge < -0.3 is 10.6 Å². The van der Waals surface area contributed by atoms with Gasteiger partial charge in [0.2, 0.25) is 5.91 Å². The lowest BCUT2D eigenvalue weighted by Crippen LogP contribution is -2.57. The number of rotatable bonds is 4. The molecule has 25 heavy (non-hydrogen) atoms. The Morgan fingerprint density at radius 3 is 2.08 bits per heavy atom. The zero-order chi connectivity index (χ0) is 17.8. The number of carbonyl (C=O) groups is 2. The number of ketones is 1. The number of carbonyl (C=O) groups excluding carboxylic acids is 2. The Hall–Kier alpha value is -1.47. The van der Waals surface area contributed by atoms with Gasteiger partial charge in [0.05, 0.1) is 6.54 Å². The molecule has 1 aromatic rings. The van der Waals surface area contributed by atoms with Crippen molar-refractivity contribution < 1.29 is 9.59 Å². The highest BCUT2D eigenvalue weighted by Crippen LogP contribution is 2.24. The van der Waals surface area contributed by atoms with E-state index >= 15 is 0 Å². The van der Waals surface area contributed by atoms with Gasteiger partial charge in [0.15, 0.2) is 5.78 Å². The third-order valence-electron chi connectivity index (χ3n) is 5.15. The lowest BCUT2D eigenvalue weighted by Gasteiger charge is -2.43. The minimum atomic E-state index is 0.0203. The Balaban J connectivity index is 1.48. The van der Waals surface area contributed by atoms with Crippen molar-refractivity contribution in [2.45, 2.75) is 12.8 Å². The van der Waals surface area contributed by atoms with Crippen molar-refractivity contribution in [3.8, 4) is 0 Å². The molecule has 2 aliphatic rings. The van der Waals surface area contributed by atoms with Crippen LogP contribution in [0.3, 0.4) is 0 Å². The normalized spacial score (nSPS) is 20.6. The van der Waals surface area contributed by atoms with Crippen LogP contribution in [0.5, 0.6) is 0 Å². The summed E-state index contributed by atoms with van der Waals surface area (Å²) in [6.45, 7) is 4.96. The largest absolute Gasteiger partial charge is 0.339 e. The Morgan fingerprint density at radius 2 is 1.52 bits per heavy atom. The van der Waals surface area contributed by atoms with Crippen LogP contribution in [0, 0.1) is 5.92 Å². The lowest BCUT2D eigenvalue weighted by atomic mass is 9.89. The van der Waals surface area contributed by atoms with Crippen LogP contribution < -0.4 is 5.73 Å². The second-order valence-electron chi connectivity index (χ2n) is 6.64. The summed E-state index contributed by atoms with van der Waals surface area (Å²) in [7, 11) is 0. The first kappa shape index (κ1) is 18.3. The van der Waals surface area contributed by atoms with Crippen molar-refractivity contribution in [1.29, 1.82) is 0 Å². The van der Waals surface area contributed by atoms with Gasteiger partial charge in [-0.25, -0.2) is 10.0 Å². The van der Waals surface area contributed by atoms with Gasteiger partial charge in [-0.1, -0.05) is 11.6 Å². The molecule has 0 aliphatic carbocycles. The minimum Gasteiger partial charge on any atom is -0.339 e. The highest BCUT2D eigenvalue weighted by Gasteiger charge is 2.30. The second kappa shape index (κ2) is 8.27. The molecule has 0 spiro atoms. The molecule has 0 unspecified atom stereocenters. The number of hydrazine groups is 1. The van der Waals surface area contributed by atoms with Crippen LogP contribution in [-0.2, 0) is 4.79 Å². The average Bonchev–Trinajstić information content (AvgIpc) is 2.67. The first-order chi connectivity index (χ1) is 12.1. The van der Waals surface area contributed by atoms with Crippen LogP contribution in [0.4, 0.5) is 0 Å².